The highest BCUT2D eigenvalue weighted by Gasteiger charge is 2.23. The van der Waals surface area contributed by atoms with E-state index in [1.807, 2.05) is 25.2 Å². The van der Waals surface area contributed by atoms with Gasteiger partial charge in [0.05, 0.1) is 6.26 Å². The van der Waals surface area contributed by atoms with Gasteiger partial charge < -0.3 is 5.32 Å². The van der Waals surface area contributed by atoms with E-state index < -0.39 is 15.6 Å². The van der Waals surface area contributed by atoms with Crippen LogP contribution in [0.25, 0.3) is 0 Å². The third kappa shape index (κ3) is 5.06. The van der Waals surface area contributed by atoms with Gasteiger partial charge in [-0.3, -0.25) is 0 Å². The molecule has 4 nitrogen and oxygen atoms in total. The van der Waals surface area contributed by atoms with Crippen LogP contribution >= 0.6 is 11.3 Å². The highest BCUT2D eigenvalue weighted by molar-refractivity contribution is 7.88. The first kappa shape index (κ1) is 16.9. The summed E-state index contributed by atoms with van der Waals surface area (Å²) in [7, 11) is -3.18. The number of sulfonamides is 1. The van der Waals surface area contributed by atoms with E-state index in [9.17, 15) is 8.42 Å². The van der Waals surface area contributed by atoms with Gasteiger partial charge in [-0.25, -0.2) is 13.1 Å². The Bertz CT molecular complexity index is 567. The number of nitrogens with one attached hydrogen (secondary N) is 2. The van der Waals surface area contributed by atoms with Gasteiger partial charge in [0, 0.05) is 27.9 Å². The number of thiophene rings is 1. The number of aryl methyl sites for hydroxylation is 2. The molecule has 1 heterocycles. The smallest absolute Gasteiger partial charge is 0.209 e. The van der Waals surface area contributed by atoms with Crippen molar-refractivity contribution in [3.05, 3.63) is 21.4 Å². The molecule has 1 aromatic heterocycles. The summed E-state index contributed by atoms with van der Waals surface area (Å²) >= 11 is 1.91. The molecule has 0 saturated carbocycles. The summed E-state index contributed by atoms with van der Waals surface area (Å²) < 4.78 is 25.4. The van der Waals surface area contributed by atoms with Gasteiger partial charge in [-0.05, 0) is 58.1 Å². The van der Waals surface area contributed by atoms with Gasteiger partial charge in [-0.2, -0.15) is 0 Å². The number of rotatable bonds is 6. The maximum atomic E-state index is 11.4. The van der Waals surface area contributed by atoms with Crippen LogP contribution in [0.4, 0.5) is 0 Å². The molecule has 1 aliphatic rings. The number of hydrogen-bond acceptors (Lipinski definition) is 4. The van der Waals surface area contributed by atoms with Gasteiger partial charge in [0.2, 0.25) is 10.0 Å². The van der Waals surface area contributed by atoms with Gasteiger partial charge in [0.1, 0.15) is 0 Å². The minimum absolute atomic E-state index is 0.251. The first-order valence-corrected chi connectivity index (χ1v) is 10.2. The van der Waals surface area contributed by atoms with E-state index in [1.165, 1.54) is 42.4 Å². The lowest BCUT2D eigenvalue weighted by Gasteiger charge is -2.27. The lowest BCUT2D eigenvalue weighted by atomic mass is 9.99. The minimum atomic E-state index is -3.18. The zero-order valence-electron chi connectivity index (χ0n) is 13.3. The molecule has 0 aromatic carbocycles. The van der Waals surface area contributed by atoms with Crippen LogP contribution in [-0.2, 0) is 22.9 Å². The fraction of sp³-hybridized carbons (Fsp3) is 0.733. The molecule has 1 atom stereocenters. The zero-order valence-corrected chi connectivity index (χ0v) is 15.0. The van der Waals surface area contributed by atoms with Crippen LogP contribution in [0.2, 0.25) is 0 Å². The molecular formula is C15H26N2O2S2. The number of hydrogen-bond donors (Lipinski definition) is 2. The van der Waals surface area contributed by atoms with Gasteiger partial charge >= 0.3 is 0 Å². The molecule has 6 heteroatoms. The molecule has 0 aliphatic heterocycles. The molecule has 0 radical (unpaired) electrons. The lowest BCUT2D eigenvalue weighted by Crippen LogP contribution is -2.50. The second-order valence-electron chi connectivity index (χ2n) is 6.66. The van der Waals surface area contributed by atoms with Crippen molar-refractivity contribution in [3.8, 4) is 0 Å². The summed E-state index contributed by atoms with van der Waals surface area (Å²) in [4.78, 5) is 2.90. The summed E-state index contributed by atoms with van der Waals surface area (Å²) in [6.07, 6.45) is 6.23. The Labute approximate surface area is 132 Å². The van der Waals surface area contributed by atoms with Crippen LogP contribution in [0.5, 0.6) is 0 Å². The average molecular weight is 331 g/mol. The maximum absolute atomic E-state index is 11.4. The van der Waals surface area contributed by atoms with Crippen molar-refractivity contribution in [3.63, 3.8) is 0 Å². The van der Waals surface area contributed by atoms with Crippen molar-refractivity contribution in [2.45, 2.75) is 58.0 Å². The van der Waals surface area contributed by atoms with Crippen LogP contribution in [0.3, 0.4) is 0 Å². The molecule has 0 fully saturated rings. The third-order valence-electron chi connectivity index (χ3n) is 3.75. The summed E-state index contributed by atoms with van der Waals surface area (Å²) in [5.41, 5.74) is 1.03. The Morgan fingerprint density at radius 2 is 2.00 bits per heavy atom. The quantitative estimate of drug-likeness (QED) is 0.843. The highest BCUT2D eigenvalue weighted by Crippen LogP contribution is 2.32. The molecular weight excluding hydrogens is 304 g/mol. The molecule has 0 spiro atoms. The van der Waals surface area contributed by atoms with Gasteiger partial charge in [-0.1, -0.05) is 0 Å². The van der Waals surface area contributed by atoms with Gasteiger partial charge in [0.25, 0.3) is 0 Å². The van der Waals surface area contributed by atoms with E-state index in [0.29, 0.717) is 6.54 Å². The summed E-state index contributed by atoms with van der Waals surface area (Å²) in [6, 6.07) is 2.58. The Kier molecular flexibility index (Phi) is 5.13. The summed E-state index contributed by atoms with van der Waals surface area (Å²) in [5, 5.41) is 3.45. The molecule has 2 N–H and O–H groups in total. The van der Waals surface area contributed by atoms with E-state index >= 15 is 0 Å². The van der Waals surface area contributed by atoms with Crippen LogP contribution in [0.15, 0.2) is 6.07 Å². The maximum Gasteiger partial charge on any atom is 0.209 e. The van der Waals surface area contributed by atoms with Crippen molar-refractivity contribution in [1.82, 2.24) is 10.0 Å². The van der Waals surface area contributed by atoms with E-state index in [-0.39, 0.29) is 6.04 Å². The molecule has 2 rings (SSSR count). The molecule has 0 bridgehead atoms. The lowest BCUT2D eigenvalue weighted by molar-refractivity contribution is 0.400. The predicted octanol–water partition coefficient (Wildman–Crippen LogP) is 2.61. The SMILES string of the molecule is CC(NCC(C)(C)NS(C)(=O)=O)c1cc2c(s1)CCCC2. The van der Waals surface area contributed by atoms with Gasteiger partial charge in [-0.15, -0.1) is 11.3 Å². The minimum Gasteiger partial charge on any atom is -0.308 e. The standard InChI is InChI=1S/C15H26N2O2S2/c1-11(16-10-15(2,3)17-21(4,18)19)14-9-12-7-5-6-8-13(12)20-14/h9,11,16-17H,5-8,10H2,1-4H3. The molecule has 1 aliphatic carbocycles. The van der Waals surface area contributed by atoms with E-state index in [2.05, 4.69) is 23.0 Å². The normalized spacial score (nSPS) is 17.5. The Hall–Kier alpha value is -0.430. The van der Waals surface area contributed by atoms with Crippen LogP contribution in [0, 0.1) is 0 Å². The molecule has 0 saturated heterocycles. The Balaban J connectivity index is 1.95. The Morgan fingerprint density at radius 3 is 2.62 bits per heavy atom. The van der Waals surface area contributed by atoms with Crippen molar-refractivity contribution in [2.24, 2.45) is 0 Å². The first-order chi connectivity index (χ1) is 9.66. The second-order valence-corrected chi connectivity index (χ2v) is 9.58. The van der Waals surface area contributed by atoms with Crippen LogP contribution in [-0.4, -0.2) is 26.8 Å². The van der Waals surface area contributed by atoms with E-state index in [0.717, 1.165) is 0 Å². The highest BCUT2D eigenvalue weighted by atomic mass is 32.2. The average Bonchev–Trinajstić information content (AvgIpc) is 2.77. The third-order valence-corrected chi connectivity index (χ3v) is 6.10. The van der Waals surface area contributed by atoms with E-state index in [1.54, 1.807) is 4.88 Å². The predicted molar refractivity (Wildman–Crippen MR) is 89.4 cm³/mol. The first-order valence-electron chi connectivity index (χ1n) is 7.50. The fourth-order valence-corrected chi connectivity index (χ4v) is 5.13. The Morgan fingerprint density at radius 1 is 1.33 bits per heavy atom. The number of fused-ring (bicyclic) bond motifs is 1. The van der Waals surface area contributed by atoms with Crippen molar-refractivity contribution in [1.29, 1.82) is 0 Å². The zero-order chi connectivity index (χ0) is 15.7. The molecule has 1 unspecified atom stereocenters. The van der Waals surface area contributed by atoms with Crippen molar-refractivity contribution in [2.75, 3.05) is 12.8 Å². The van der Waals surface area contributed by atoms with Crippen LogP contribution < -0.4 is 10.0 Å². The molecule has 21 heavy (non-hydrogen) atoms. The molecule has 0 amide bonds. The topological polar surface area (TPSA) is 58.2 Å². The monoisotopic (exact) mass is 330 g/mol. The largest absolute Gasteiger partial charge is 0.308 e. The summed E-state index contributed by atoms with van der Waals surface area (Å²) in [6.45, 7) is 6.54. The van der Waals surface area contributed by atoms with Crippen LogP contribution in [0.1, 0.15) is 55.0 Å². The van der Waals surface area contributed by atoms with Gasteiger partial charge in [0.15, 0.2) is 0 Å². The summed E-state index contributed by atoms with van der Waals surface area (Å²) in [5.74, 6) is 0. The van der Waals surface area contributed by atoms with E-state index in [4.69, 9.17) is 0 Å². The molecule has 1 aromatic rings. The van der Waals surface area contributed by atoms with Crippen molar-refractivity contribution >= 4 is 21.4 Å². The fourth-order valence-electron chi connectivity index (χ4n) is 2.77. The van der Waals surface area contributed by atoms with Crippen molar-refractivity contribution < 1.29 is 8.42 Å². The second kappa shape index (κ2) is 6.36. The molecule has 120 valence electrons.